The Balaban J connectivity index is 2.28. The second kappa shape index (κ2) is 6.31. The molecule has 1 N–H and O–H groups in total. The van der Waals surface area contributed by atoms with Gasteiger partial charge in [0.15, 0.2) is 5.65 Å². The molecule has 3 aromatic rings. The molecule has 0 fully saturated rings. The lowest BCUT2D eigenvalue weighted by Gasteiger charge is -2.15. The molecule has 1 aromatic carbocycles. The predicted molar refractivity (Wildman–Crippen MR) is 99.7 cm³/mol. The average molecular weight is 336 g/mol. The van der Waals surface area contributed by atoms with Crippen molar-refractivity contribution >= 4 is 11.6 Å². The maximum atomic E-state index is 12.7. The number of hydrogen-bond donors (Lipinski definition) is 1. The molecule has 25 heavy (non-hydrogen) atoms. The Morgan fingerprint density at radius 3 is 2.44 bits per heavy atom. The highest BCUT2D eigenvalue weighted by Crippen LogP contribution is 2.27. The van der Waals surface area contributed by atoms with E-state index in [0.29, 0.717) is 5.56 Å². The van der Waals surface area contributed by atoms with Crippen molar-refractivity contribution in [2.24, 2.45) is 0 Å². The fourth-order valence-corrected chi connectivity index (χ4v) is 2.68. The molecule has 0 bridgehead atoms. The van der Waals surface area contributed by atoms with Gasteiger partial charge in [0.25, 0.3) is 5.91 Å². The van der Waals surface area contributed by atoms with E-state index in [4.69, 9.17) is 5.10 Å². The predicted octanol–water partition coefficient (Wildman–Crippen LogP) is 3.83. The van der Waals surface area contributed by atoms with Gasteiger partial charge in [-0.2, -0.15) is 5.10 Å². The van der Waals surface area contributed by atoms with Gasteiger partial charge >= 0.3 is 0 Å². The number of hydrogen-bond acceptors (Lipinski definition) is 3. The van der Waals surface area contributed by atoms with E-state index in [0.717, 1.165) is 22.6 Å². The summed E-state index contributed by atoms with van der Waals surface area (Å²) in [7, 11) is 0. The van der Waals surface area contributed by atoms with Crippen LogP contribution in [0, 0.1) is 0 Å². The van der Waals surface area contributed by atoms with Crippen molar-refractivity contribution in [2.75, 3.05) is 0 Å². The third kappa shape index (κ3) is 3.40. The number of amides is 1. The van der Waals surface area contributed by atoms with Crippen molar-refractivity contribution in [3.8, 4) is 11.3 Å². The molecule has 0 aliphatic heterocycles. The molecule has 0 aliphatic carbocycles. The molecule has 0 spiro atoms. The fraction of sp³-hybridized carbons (Fsp3) is 0.350. The molecule has 2 heterocycles. The summed E-state index contributed by atoms with van der Waals surface area (Å²) in [5.74, 6) is -0.143. The van der Waals surface area contributed by atoms with Crippen LogP contribution in [0.25, 0.3) is 16.9 Å². The molecule has 0 saturated carbocycles. The second-order valence-corrected chi connectivity index (χ2v) is 7.56. The summed E-state index contributed by atoms with van der Waals surface area (Å²) in [6, 6.07) is 11.9. The molecule has 3 rings (SSSR count). The largest absolute Gasteiger partial charge is 0.350 e. The van der Waals surface area contributed by atoms with E-state index in [9.17, 15) is 4.79 Å². The number of nitrogens with one attached hydrogen (secondary N) is 1. The fourth-order valence-electron chi connectivity index (χ4n) is 2.68. The maximum Gasteiger partial charge on any atom is 0.255 e. The molecular formula is C20H24N4O. The Morgan fingerprint density at radius 1 is 1.16 bits per heavy atom. The van der Waals surface area contributed by atoms with Crippen LogP contribution in [0.5, 0.6) is 0 Å². The smallest absolute Gasteiger partial charge is 0.255 e. The normalized spacial score (nSPS) is 11.9. The van der Waals surface area contributed by atoms with Gasteiger partial charge in [-0.3, -0.25) is 4.79 Å². The topological polar surface area (TPSA) is 59.3 Å². The lowest BCUT2D eigenvalue weighted by atomic mass is 9.93. The molecule has 0 saturated heterocycles. The van der Waals surface area contributed by atoms with Crippen LogP contribution >= 0.6 is 0 Å². The molecular weight excluding hydrogens is 312 g/mol. The highest BCUT2D eigenvalue weighted by atomic mass is 16.1. The monoisotopic (exact) mass is 336 g/mol. The highest BCUT2D eigenvalue weighted by Gasteiger charge is 2.23. The molecule has 5 heteroatoms. The number of aromatic nitrogens is 3. The molecule has 2 aromatic heterocycles. The minimum Gasteiger partial charge on any atom is -0.350 e. The van der Waals surface area contributed by atoms with Crippen molar-refractivity contribution in [2.45, 2.75) is 46.1 Å². The molecule has 0 atom stereocenters. The van der Waals surface area contributed by atoms with Gasteiger partial charge in [0.05, 0.1) is 17.0 Å². The standard InChI is InChI=1S/C20H24N4O/c1-13(2)22-19(25)15-12-21-17-11-16(20(3,4)5)23-24(17)18(15)14-9-7-6-8-10-14/h6-13H,1-5H3,(H,22,25). The van der Waals surface area contributed by atoms with Crippen LogP contribution in [-0.2, 0) is 5.41 Å². The molecule has 0 unspecified atom stereocenters. The number of carbonyl (C=O) groups excluding carboxylic acids is 1. The van der Waals surface area contributed by atoms with Gasteiger partial charge in [0, 0.05) is 29.3 Å². The van der Waals surface area contributed by atoms with Crippen LogP contribution in [0.4, 0.5) is 0 Å². The number of benzene rings is 1. The zero-order valence-electron chi connectivity index (χ0n) is 15.4. The minimum absolute atomic E-state index is 0.0505. The zero-order valence-corrected chi connectivity index (χ0v) is 15.4. The van der Waals surface area contributed by atoms with E-state index in [1.165, 1.54) is 0 Å². The first-order chi connectivity index (χ1) is 11.8. The second-order valence-electron chi connectivity index (χ2n) is 7.56. The molecule has 0 aliphatic rings. The molecule has 0 radical (unpaired) electrons. The van der Waals surface area contributed by atoms with Crippen LogP contribution in [0.15, 0.2) is 42.6 Å². The van der Waals surface area contributed by atoms with E-state index in [-0.39, 0.29) is 17.4 Å². The summed E-state index contributed by atoms with van der Waals surface area (Å²) >= 11 is 0. The Kier molecular flexibility index (Phi) is 4.33. The van der Waals surface area contributed by atoms with Gasteiger partial charge in [0.2, 0.25) is 0 Å². The van der Waals surface area contributed by atoms with Gasteiger partial charge in [-0.1, -0.05) is 51.1 Å². The average Bonchev–Trinajstić information content (AvgIpc) is 2.98. The lowest BCUT2D eigenvalue weighted by Crippen LogP contribution is -2.31. The first-order valence-electron chi connectivity index (χ1n) is 8.53. The van der Waals surface area contributed by atoms with Crippen LogP contribution in [-0.4, -0.2) is 26.5 Å². The third-order valence-corrected chi connectivity index (χ3v) is 3.96. The summed E-state index contributed by atoms with van der Waals surface area (Å²) in [5, 5.41) is 7.71. The van der Waals surface area contributed by atoms with Gasteiger partial charge in [0.1, 0.15) is 0 Å². The van der Waals surface area contributed by atoms with E-state index in [1.807, 2.05) is 50.2 Å². The number of carbonyl (C=O) groups is 1. The lowest BCUT2D eigenvalue weighted by molar-refractivity contribution is 0.0943. The molecule has 130 valence electrons. The summed E-state index contributed by atoms with van der Waals surface area (Å²) in [6.07, 6.45) is 1.64. The SMILES string of the molecule is CC(C)NC(=O)c1cnc2cc(C(C)(C)C)nn2c1-c1ccccc1. The van der Waals surface area contributed by atoms with Crippen molar-refractivity contribution in [1.29, 1.82) is 0 Å². The van der Waals surface area contributed by atoms with E-state index in [1.54, 1.807) is 10.7 Å². The number of nitrogens with zero attached hydrogens (tertiary/aromatic N) is 3. The quantitative estimate of drug-likeness (QED) is 0.791. The van der Waals surface area contributed by atoms with Crippen molar-refractivity contribution in [3.63, 3.8) is 0 Å². The first kappa shape index (κ1) is 17.1. The van der Waals surface area contributed by atoms with Crippen molar-refractivity contribution in [3.05, 3.63) is 53.9 Å². The van der Waals surface area contributed by atoms with Gasteiger partial charge in [-0.25, -0.2) is 9.50 Å². The number of rotatable bonds is 3. The summed E-state index contributed by atoms with van der Waals surface area (Å²) in [6.45, 7) is 10.2. The van der Waals surface area contributed by atoms with Gasteiger partial charge < -0.3 is 5.32 Å². The zero-order chi connectivity index (χ0) is 18.2. The Hall–Kier alpha value is -2.69. The Bertz CT molecular complexity index is 905. The van der Waals surface area contributed by atoms with Crippen molar-refractivity contribution in [1.82, 2.24) is 19.9 Å². The Morgan fingerprint density at radius 2 is 1.84 bits per heavy atom. The third-order valence-electron chi connectivity index (χ3n) is 3.96. The molecule has 1 amide bonds. The first-order valence-corrected chi connectivity index (χ1v) is 8.53. The van der Waals surface area contributed by atoms with E-state index >= 15 is 0 Å². The van der Waals surface area contributed by atoms with Crippen LogP contribution in [0.2, 0.25) is 0 Å². The molecule has 5 nitrogen and oxygen atoms in total. The van der Waals surface area contributed by atoms with Crippen LogP contribution in [0.1, 0.15) is 50.7 Å². The summed E-state index contributed by atoms with van der Waals surface area (Å²) in [4.78, 5) is 17.2. The maximum absolute atomic E-state index is 12.7. The van der Waals surface area contributed by atoms with Crippen LogP contribution in [0.3, 0.4) is 0 Å². The summed E-state index contributed by atoms with van der Waals surface area (Å²) < 4.78 is 1.78. The van der Waals surface area contributed by atoms with Crippen LogP contribution < -0.4 is 5.32 Å². The van der Waals surface area contributed by atoms with Gasteiger partial charge in [-0.15, -0.1) is 0 Å². The van der Waals surface area contributed by atoms with E-state index in [2.05, 4.69) is 31.1 Å². The highest BCUT2D eigenvalue weighted by molar-refractivity contribution is 6.00. The van der Waals surface area contributed by atoms with E-state index < -0.39 is 0 Å². The Labute approximate surface area is 148 Å². The minimum atomic E-state index is -0.143. The number of fused-ring (bicyclic) bond motifs is 1. The van der Waals surface area contributed by atoms with Gasteiger partial charge in [-0.05, 0) is 13.8 Å². The summed E-state index contributed by atoms with van der Waals surface area (Å²) in [5.41, 5.74) is 3.81. The van der Waals surface area contributed by atoms with Crippen molar-refractivity contribution < 1.29 is 4.79 Å².